The van der Waals surface area contributed by atoms with E-state index in [4.69, 9.17) is 0 Å². The molecule has 0 radical (unpaired) electrons. The molecule has 1 N–H and O–H groups in total. The summed E-state index contributed by atoms with van der Waals surface area (Å²) < 4.78 is 27.4. The van der Waals surface area contributed by atoms with Crippen LogP contribution in [0.4, 0.5) is 5.69 Å². The van der Waals surface area contributed by atoms with E-state index in [-0.39, 0.29) is 29.1 Å². The summed E-state index contributed by atoms with van der Waals surface area (Å²) in [5.74, 6) is -2.95. The Labute approximate surface area is 233 Å². The molecule has 10 nitrogen and oxygen atoms in total. The van der Waals surface area contributed by atoms with Crippen LogP contribution in [-0.4, -0.2) is 92.0 Å². The van der Waals surface area contributed by atoms with Crippen molar-refractivity contribution in [2.45, 2.75) is 23.3 Å². The number of likely N-dealkylation sites (tertiary alicyclic amines) is 1. The number of sulfonamides is 1. The number of nitrogens with zero attached hydrogens (tertiary/aromatic N) is 4. The lowest BCUT2D eigenvalue weighted by molar-refractivity contribution is -0.143. The number of hydrogen-bond donors (Lipinski definition) is 1. The molecule has 0 saturated carbocycles. The van der Waals surface area contributed by atoms with Gasteiger partial charge in [-0.25, -0.2) is 8.42 Å². The van der Waals surface area contributed by atoms with E-state index >= 15 is 0 Å². The number of aliphatic hydroxyl groups excluding tert-OH is 1. The second kappa shape index (κ2) is 10.3. The van der Waals surface area contributed by atoms with E-state index < -0.39 is 38.9 Å². The predicted molar refractivity (Wildman–Crippen MR) is 150 cm³/mol. The first-order chi connectivity index (χ1) is 19.1. The second-order valence-electron chi connectivity index (χ2n) is 10.4. The van der Waals surface area contributed by atoms with Crippen LogP contribution in [0.5, 0.6) is 0 Å². The van der Waals surface area contributed by atoms with Crippen molar-refractivity contribution in [2.24, 2.45) is 0 Å². The van der Waals surface area contributed by atoms with Crippen molar-refractivity contribution in [1.29, 1.82) is 0 Å². The van der Waals surface area contributed by atoms with Gasteiger partial charge in [0.05, 0.1) is 16.2 Å². The first kappa shape index (κ1) is 27.8. The number of anilines is 1. The van der Waals surface area contributed by atoms with Gasteiger partial charge in [-0.2, -0.15) is 4.31 Å². The molecular weight excluding hydrogens is 532 g/mol. The number of ketones is 1. The smallest absolute Gasteiger partial charge is 0.296 e. The second-order valence-corrected chi connectivity index (χ2v) is 12.3. The zero-order valence-corrected chi connectivity index (χ0v) is 23.4. The van der Waals surface area contributed by atoms with Crippen LogP contribution < -0.4 is 4.90 Å². The summed E-state index contributed by atoms with van der Waals surface area (Å²) in [7, 11) is -0.0672. The Morgan fingerprint density at radius 3 is 2.33 bits per heavy atom. The number of Topliss-reactive ketones (excluding diaryl/α,β-unsaturated/α-hetero) is 1. The molecule has 1 unspecified atom stereocenters. The molecule has 0 bridgehead atoms. The summed E-state index contributed by atoms with van der Waals surface area (Å²) >= 11 is 0. The third-order valence-electron chi connectivity index (χ3n) is 7.72. The van der Waals surface area contributed by atoms with Crippen LogP contribution in [0.1, 0.15) is 24.0 Å². The molecule has 2 saturated heterocycles. The van der Waals surface area contributed by atoms with E-state index in [9.17, 15) is 27.9 Å². The molecule has 210 valence electrons. The highest BCUT2D eigenvalue weighted by molar-refractivity contribution is 7.89. The van der Waals surface area contributed by atoms with Crippen molar-refractivity contribution >= 4 is 39.1 Å². The van der Waals surface area contributed by atoms with Crippen molar-refractivity contribution in [3.63, 3.8) is 0 Å². The molecule has 11 heteroatoms. The molecule has 2 aromatic rings. The fourth-order valence-corrected chi connectivity index (χ4v) is 7.30. The molecule has 1 spiro atoms. The van der Waals surface area contributed by atoms with Gasteiger partial charge in [0.15, 0.2) is 5.54 Å². The first-order valence-electron chi connectivity index (χ1n) is 13.1. The number of para-hydroxylation sites is 1. The van der Waals surface area contributed by atoms with Crippen LogP contribution in [0.3, 0.4) is 0 Å². The molecular formula is C29H32N4O6S. The Morgan fingerprint density at radius 2 is 1.70 bits per heavy atom. The summed E-state index contributed by atoms with van der Waals surface area (Å²) in [5, 5.41) is 11.6. The number of carbonyl (C=O) groups is 3. The maximum Gasteiger partial charge on any atom is 0.296 e. The van der Waals surface area contributed by atoms with Crippen LogP contribution in [-0.2, 0) is 29.9 Å². The number of hydrogen-bond acceptors (Lipinski definition) is 7. The van der Waals surface area contributed by atoms with Crippen LogP contribution in [0.2, 0.25) is 0 Å². The fraction of sp³-hybridized carbons (Fsp3) is 0.345. The van der Waals surface area contributed by atoms with Crippen molar-refractivity contribution in [1.82, 2.24) is 14.1 Å². The highest BCUT2D eigenvalue weighted by Gasteiger charge is 2.66. The monoisotopic (exact) mass is 564 g/mol. The van der Waals surface area contributed by atoms with Crippen molar-refractivity contribution in [2.75, 3.05) is 51.7 Å². The van der Waals surface area contributed by atoms with Gasteiger partial charge in [0.2, 0.25) is 10.0 Å². The van der Waals surface area contributed by atoms with Gasteiger partial charge < -0.3 is 19.8 Å². The van der Waals surface area contributed by atoms with Gasteiger partial charge >= 0.3 is 0 Å². The van der Waals surface area contributed by atoms with Gasteiger partial charge in [-0.15, -0.1) is 6.58 Å². The van der Waals surface area contributed by atoms with E-state index in [0.717, 1.165) is 12.8 Å². The van der Waals surface area contributed by atoms with Crippen LogP contribution in [0.15, 0.2) is 71.7 Å². The van der Waals surface area contributed by atoms with E-state index in [1.54, 1.807) is 30.3 Å². The Bertz CT molecular complexity index is 1530. The SMILES string of the molecule is C=CCN1C(=O)C2(C(=C(O)c3ccc(S(=O)(=O)N4CCCC4)cc3)C(=O)C(=O)N2CCN(C)C)c2ccccc21. The Hall–Kier alpha value is -3.80. The minimum absolute atomic E-state index is 0.0589. The Kier molecular flexibility index (Phi) is 7.15. The summed E-state index contributed by atoms with van der Waals surface area (Å²) in [6, 6.07) is 12.4. The molecule has 2 amide bonds. The zero-order chi connectivity index (χ0) is 28.8. The lowest BCUT2D eigenvalue weighted by atomic mass is 9.82. The van der Waals surface area contributed by atoms with Crippen molar-refractivity contribution < 1.29 is 27.9 Å². The average Bonchev–Trinajstić information content (AvgIpc) is 3.62. The number of benzene rings is 2. The first-order valence-corrected chi connectivity index (χ1v) is 14.6. The maximum atomic E-state index is 14.3. The number of amides is 2. The zero-order valence-electron chi connectivity index (χ0n) is 22.5. The van der Waals surface area contributed by atoms with Gasteiger partial charge in [0.25, 0.3) is 17.6 Å². The van der Waals surface area contributed by atoms with E-state index in [0.29, 0.717) is 30.9 Å². The number of aliphatic hydroxyl groups is 1. The highest BCUT2D eigenvalue weighted by Crippen LogP contribution is 2.53. The summed E-state index contributed by atoms with van der Waals surface area (Å²) in [6.45, 7) is 5.21. The Balaban J connectivity index is 1.69. The molecule has 3 aliphatic rings. The van der Waals surface area contributed by atoms with Crippen molar-refractivity contribution in [3.05, 3.63) is 77.9 Å². The number of rotatable bonds is 8. The molecule has 2 fully saturated rings. The van der Waals surface area contributed by atoms with Crippen LogP contribution >= 0.6 is 0 Å². The predicted octanol–water partition coefficient (Wildman–Crippen LogP) is 2.14. The molecule has 1 atom stereocenters. The van der Waals surface area contributed by atoms with Crippen molar-refractivity contribution in [3.8, 4) is 0 Å². The highest BCUT2D eigenvalue weighted by atomic mass is 32.2. The van der Waals surface area contributed by atoms with E-state index in [2.05, 4.69) is 6.58 Å². The summed E-state index contributed by atoms with van der Waals surface area (Å²) in [4.78, 5) is 46.0. The largest absolute Gasteiger partial charge is 0.507 e. The third-order valence-corrected chi connectivity index (χ3v) is 9.64. The van der Waals surface area contributed by atoms with E-state index in [1.165, 1.54) is 38.4 Å². The average molecular weight is 565 g/mol. The van der Waals surface area contributed by atoms with Gasteiger partial charge in [0.1, 0.15) is 5.76 Å². The van der Waals surface area contributed by atoms with Gasteiger partial charge in [-0.1, -0.05) is 24.3 Å². The topological polar surface area (TPSA) is 119 Å². The van der Waals surface area contributed by atoms with Gasteiger partial charge in [-0.3, -0.25) is 14.4 Å². The fourth-order valence-electron chi connectivity index (χ4n) is 5.78. The van der Waals surface area contributed by atoms with Crippen LogP contribution in [0, 0.1) is 0 Å². The minimum atomic E-state index is -3.70. The molecule has 5 rings (SSSR count). The minimum Gasteiger partial charge on any atom is -0.507 e. The molecule has 0 aliphatic carbocycles. The molecule has 0 aromatic heterocycles. The Morgan fingerprint density at radius 1 is 1.05 bits per heavy atom. The van der Waals surface area contributed by atoms with Gasteiger partial charge in [-0.05, 0) is 57.3 Å². The number of fused-ring (bicyclic) bond motifs is 2. The number of carbonyl (C=O) groups excluding carboxylic acids is 3. The molecule has 3 heterocycles. The molecule has 40 heavy (non-hydrogen) atoms. The van der Waals surface area contributed by atoms with Gasteiger partial charge in [0, 0.05) is 43.9 Å². The summed E-state index contributed by atoms with van der Waals surface area (Å²) in [6.07, 6.45) is 3.15. The van der Waals surface area contributed by atoms with Crippen LogP contribution in [0.25, 0.3) is 5.76 Å². The third kappa shape index (κ3) is 4.07. The standard InChI is InChI=1S/C29H32N4O6S/c1-4-15-32-23-10-6-5-9-22(23)29(28(32)37)24(26(35)27(36)33(29)19-18-30(2)3)25(34)20-11-13-21(14-12-20)40(38,39)31-16-7-8-17-31/h4-6,9-14,34H,1,7-8,15-19H2,2-3H3. The normalized spacial score (nSPS) is 22.6. The van der Waals surface area contributed by atoms with E-state index in [1.807, 2.05) is 19.0 Å². The molecule has 3 aliphatic heterocycles. The summed E-state index contributed by atoms with van der Waals surface area (Å²) in [5.41, 5.74) is -1.17. The quantitative estimate of drug-likeness (QED) is 0.226. The lowest BCUT2D eigenvalue weighted by Gasteiger charge is -2.35. The number of likely N-dealkylation sites (N-methyl/N-ethyl adjacent to an activating group) is 1. The molecule has 2 aromatic carbocycles. The lowest BCUT2D eigenvalue weighted by Crippen LogP contribution is -2.53. The maximum absolute atomic E-state index is 14.3.